The minimum Gasteiger partial charge on any atom is -0.383 e. The molecule has 2 N–H and O–H groups in total. The number of ether oxygens (including phenoxy) is 1. The molecule has 0 saturated carbocycles. The maximum Gasteiger partial charge on any atom is 0.416 e. The van der Waals surface area contributed by atoms with E-state index in [0.29, 0.717) is 41.2 Å². The molecule has 3 amide bonds. The van der Waals surface area contributed by atoms with Gasteiger partial charge >= 0.3 is 6.18 Å². The molecule has 9 nitrogen and oxygen atoms in total. The maximum absolute atomic E-state index is 13.6. The van der Waals surface area contributed by atoms with Crippen LogP contribution in [0.5, 0.6) is 0 Å². The van der Waals surface area contributed by atoms with Crippen molar-refractivity contribution in [3.63, 3.8) is 0 Å². The fraction of sp³-hybridized carbons (Fsp3) is 0.297. The standard InChI is InChI=1S/C37H38F3N5O4/c1-44(18-19-49-2)36(48)28-10-7-9-26(21-28)35(47)43-32-13-12-30(45-16-4-3-5-17-45)23-31(32)33-22-27(14-15-41-33)34(46)42-24-25-8-6-11-29(20-25)37(38,39)40/h6-15,20-23H,3-5,16-19,24H2,1-2H3,(H,42,46)(H,43,47). The van der Waals surface area contributed by atoms with Crippen LogP contribution in [0, 0.1) is 0 Å². The molecule has 5 rings (SSSR count). The van der Waals surface area contributed by atoms with E-state index in [1.54, 1.807) is 44.5 Å². The first-order chi connectivity index (χ1) is 23.5. The van der Waals surface area contributed by atoms with E-state index in [-0.39, 0.29) is 23.6 Å². The first kappa shape index (κ1) is 35.1. The van der Waals surface area contributed by atoms with Crippen molar-refractivity contribution in [3.8, 4) is 11.3 Å². The van der Waals surface area contributed by atoms with Crippen molar-refractivity contribution in [3.05, 3.63) is 113 Å². The number of carbonyl (C=O) groups is 3. The van der Waals surface area contributed by atoms with Gasteiger partial charge in [-0.25, -0.2) is 0 Å². The molecule has 4 aromatic rings. The number of benzene rings is 3. The van der Waals surface area contributed by atoms with Crippen molar-refractivity contribution >= 4 is 29.1 Å². The summed E-state index contributed by atoms with van der Waals surface area (Å²) in [5.74, 6) is -1.17. The molecule has 256 valence electrons. The van der Waals surface area contributed by atoms with E-state index in [2.05, 4.69) is 20.5 Å². The number of nitrogens with zero attached hydrogens (tertiary/aromatic N) is 3. The predicted octanol–water partition coefficient (Wildman–Crippen LogP) is 6.66. The zero-order chi connectivity index (χ0) is 35.0. The number of hydrogen-bond donors (Lipinski definition) is 2. The van der Waals surface area contributed by atoms with Crippen LogP contribution in [0.4, 0.5) is 24.5 Å². The van der Waals surface area contributed by atoms with Crippen molar-refractivity contribution in [2.45, 2.75) is 32.0 Å². The summed E-state index contributed by atoms with van der Waals surface area (Å²) in [6.07, 6.45) is 0.257. The Bertz CT molecular complexity index is 1810. The summed E-state index contributed by atoms with van der Waals surface area (Å²) < 4.78 is 44.6. The van der Waals surface area contributed by atoms with Gasteiger partial charge in [0.25, 0.3) is 17.7 Å². The van der Waals surface area contributed by atoms with Gasteiger partial charge in [0.1, 0.15) is 0 Å². The highest BCUT2D eigenvalue weighted by atomic mass is 19.4. The van der Waals surface area contributed by atoms with Gasteiger partial charge in [0, 0.05) is 74.5 Å². The smallest absolute Gasteiger partial charge is 0.383 e. The van der Waals surface area contributed by atoms with E-state index in [0.717, 1.165) is 50.2 Å². The van der Waals surface area contributed by atoms with Crippen LogP contribution in [0.15, 0.2) is 85.1 Å². The fourth-order valence-electron chi connectivity index (χ4n) is 5.60. The van der Waals surface area contributed by atoms with Crippen LogP contribution in [0.25, 0.3) is 11.3 Å². The van der Waals surface area contributed by atoms with Gasteiger partial charge in [-0.3, -0.25) is 19.4 Å². The summed E-state index contributed by atoms with van der Waals surface area (Å²) in [4.78, 5) is 48.0. The van der Waals surface area contributed by atoms with Crippen LogP contribution in [-0.2, 0) is 17.5 Å². The van der Waals surface area contributed by atoms with E-state index in [1.807, 2.05) is 12.1 Å². The molecule has 1 aromatic heterocycles. The van der Waals surface area contributed by atoms with E-state index >= 15 is 0 Å². The van der Waals surface area contributed by atoms with Gasteiger partial charge in [0.15, 0.2) is 0 Å². The van der Waals surface area contributed by atoms with Crippen LogP contribution in [0.2, 0.25) is 0 Å². The Morgan fingerprint density at radius 3 is 2.37 bits per heavy atom. The molecule has 0 bridgehead atoms. The summed E-state index contributed by atoms with van der Waals surface area (Å²) in [5.41, 5.74) is 2.81. The number of likely N-dealkylation sites (N-methyl/N-ethyl adjacent to an activating group) is 1. The molecule has 12 heteroatoms. The molecule has 1 fully saturated rings. The second-order valence-electron chi connectivity index (χ2n) is 11.8. The Morgan fingerprint density at radius 2 is 1.61 bits per heavy atom. The summed E-state index contributed by atoms with van der Waals surface area (Å²) in [6.45, 7) is 2.45. The number of methoxy groups -OCH3 is 1. The summed E-state index contributed by atoms with van der Waals surface area (Å²) in [5, 5.41) is 5.65. The number of aromatic nitrogens is 1. The summed E-state index contributed by atoms with van der Waals surface area (Å²) >= 11 is 0. The lowest BCUT2D eigenvalue weighted by atomic mass is 10.0. The summed E-state index contributed by atoms with van der Waals surface area (Å²) in [7, 11) is 3.22. The molecular weight excluding hydrogens is 635 g/mol. The van der Waals surface area contributed by atoms with Gasteiger partial charge in [-0.2, -0.15) is 13.2 Å². The van der Waals surface area contributed by atoms with E-state index < -0.39 is 23.6 Å². The van der Waals surface area contributed by atoms with Gasteiger partial charge in [-0.15, -0.1) is 0 Å². The zero-order valence-electron chi connectivity index (χ0n) is 27.3. The Kier molecular flexibility index (Phi) is 11.3. The lowest BCUT2D eigenvalue weighted by Gasteiger charge is -2.29. The van der Waals surface area contributed by atoms with Crippen molar-refractivity contribution in [2.75, 3.05) is 50.6 Å². The molecule has 49 heavy (non-hydrogen) atoms. The van der Waals surface area contributed by atoms with E-state index in [1.165, 1.54) is 35.4 Å². The molecule has 1 saturated heterocycles. The predicted molar refractivity (Wildman–Crippen MR) is 182 cm³/mol. The molecule has 0 radical (unpaired) electrons. The monoisotopic (exact) mass is 673 g/mol. The fourth-order valence-corrected chi connectivity index (χ4v) is 5.60. The maximum atomic E-state index is 13.6. The quantitative estimate of drug-likeness (QED) is 0.185. The Labute approximate surface area is 283 Å². The van der Waals surface area contributed by atoms with Crippen molar-refractivity contribution in [1.82, 2.24) is 15.2 Å². The Hall–Kier alpha value is -5.23. The van der Waals surface area contributed by atoms with Crippen LogP contribution in [0.1, 0.15) is 61.5 Å². The normalized spacial score (nSPS) is 13.1. The number of nitrogens with one attached hydrogen (secondary N) is 2. The van der Waals surface area contributed by atoms with Crippen LogP contribution in [-0.4, -0.2) is 68.0 Å². The highest BCUT2D eigenvalue weighted by molar-refractivity contribution is 6.08. The average molecular weight is 674 g/mol. The second-order valence-corrected chi connectivity index (χ2v) is 11.8. The van der Waals surface area contributed by atoms with Crippen molar-refractivity contribution in [1.29, 1.82) is 0 Å². The minimum atomic E-state index is -4.49. The third-order valence-electron chi connectivity index (χ3n) is 8.33. The SMILES string of the molecule is COCCN(C)C(=O)c1cccc(C(=O)Nc2ccc(N3CCCCC3)cc2-c2cc(C(=O)NCc3cccc(C(F)(F)F)c3)ccn2)c1. The topological polar surface area (TPSA) is 104 Å². The number of anilines is 2. The zero-order valence-corrected chi connectivity index (χ0v) is 27.3. The minimum absolute atomic E-state index is 0.101. The number of alkyl halides is 3. The Morgan fingerprint density at radius 1 is 0.878 bits per heavy atom. The molecule has 0 atom stereocenters. The first-order valence-electron chi connectivity index (χ1n) is 16.0. The molecular formula is C37H38F3N5O4. The first-order valence-corrected chi connectivity index (χ1v) is 16.0. The number of carbonyl (C=O) groups excluding carboxylic acids is 3. The molecule has 0 unspecified atom stereocenters. The lowest BCUT2D eigenvalue weighted by molar-refractivity contribution is -0.137. The molecule has 1 aliphatic rings. The molecule has 2 heterocycles. The number of piperidine rings is 1. The molecule has 0 aliphatic carbocycles. The highest BCUT2D eigenvalue weighted by Crippen LogP contribution is 2.33. The largest absolute Gasteiger partial charge is 0.416 e. The van der Waals surface area contributed by atoms with E-state index in [4.69, 9.17) is 4.74 Å². The van der Waals surface area contributed by atoms with Gasteiger partial charge in [-0.05, 0) is 85.5 Å². The van der Waals surface area contributed by atoms with Crippen molar-refractivity contribution < 1.29 is 32.3 Å². The second kappa shape index (κ2) is 15.8. The van der Waals surface area contributed by atoms with Crippen LogP contribution in [0.3, 0.4) is 0 Å². The third kappa shape index (κ3) is 9.02. The number of pyridine rings is 1. The van der Waals surface area contributed by atoms with Crippen LogP contribution < -0.4 is 15.5 Å². The van der Waals surface area contributed by atoms with Gasteiger partial charge < -0.3 is 25.2 Å². The third-order valence-corrected chi connectivity index (χ3v) is 8.33. The Balaban J connectivity index is 1.40. The van der Waals surface area contributed by atoms with Crippen molar-refractivity contribution in [2.24, 2.45) is 0 Å². The molecule has 3 aromatic carbocycles. The van der Waals surface area contributed by atoms with Gasteiger partial charge in [-0.1, -0.05) is 18.2 Å². The molecule has 0 spiro atoms. The van der Waals surface area contributed by atoms with Gasteiger partial charge in [0.2, 0.25) is 0 Å². The van der Waals surface area contributed by atoms with Crippen LogP contribution >= 0.6 is 0 Å². The number of rotatable bonds is 11. The summed E-state index contributed by atoms with van der Waals surface area (Å²) in [6, 6.07) is 20.0. The van der Waals surface area contributed by atoms with E-state index in [9.17, 15) is 27.6 Å². The number of amides is 3. The number of hydrogen-bond acceptors (Lipinski definition) is 6. The average Bonchev–Trinajstić information content (AvgIpc) is 3.12. The highest BCUT2D eigenvalue weighted by Gasteiger charge is 2.30. The number of halogens is 3. The molecule has 1 aliphatic heterocycles. The lowest BCUT2D eigenvalue weighted by Crippen LogP contribution is -2.30. The van der Waals surface area contributed by atoms with Gasteiger partial charge in [0.05, 0.1) is 23.6 Å².